The van der Waals surface area contributed by atoms with Crippen molar-refractivity contribution >= 4 is 22.1 Å². The fourth-order valence-electron chi connectivity index (χ4n) is 4.58. The largest absolute Gasteiger partial charge is 0.437 e. The summed E-state index contributed by atoms with van der Waals surface area (Å²) in [6, 6.07) is 4.71. The number of oxazole rings is 1. The monoisotopic (exact) mass is 376 g/mol. The van der Waals surface area contributed by atoms with Crippen molar-refractivity contribution < 1.29 is 5.84 Å². The van der Waals surface area contributed by atoms with Gasteiger partial charge < -0.3 is 14.0 Å². The molecule has 144 valence electrons. The number of imidazole rings is 1. The van der Waals surface area contributed by atoms with Gasteiger partial charge in [-0.05, 0) is 44.6 Å². The molecule has 1 N–H and O–H groups in total. The van der Waals surface area contributed by atoms with Crippen molar-refractivity contribution in [2.45, 2.75) is 52.0 Å². The van der Waals surface area contributed by atoms with Crippen molar-refractivity contribution in [3.05, 3.63) is 30.0 Å². The van der Waals surface area contributed by atoms with Gasteiger partial charge in [0.05, 0.1) is 23.5 Å². The normalized spacial score (nSPS) is 20.0. The van der Waals surface area contributed by atoms with E-state index in [9.17, 15) is 0 Å². The van der Waals surface area contributed by atoms with E-state index in [1.54, 1.807) is 0 Å². The van der Waals surface area contributed by atoms with Gasteiger partial charge in [0, 0.05) is 32.4 Å². The predicted molar refractivity (Wildman–Crippen MR) is 108 cm³/mol. The second-order valence-electron chi connectivity index (χ2n) is 7.72. The van der Waals surface area contributed by atoms with E-state index in [0.717, 1.165) is 65.0 Å². The zero-order valence-corrected chi connectivity index (χ0v) is 16.1. The summed E-state index contributed by atoms with van der Waals surface area (Å²) in [5, 5.41) is 10.1. The highest BCUT2D eigenvalue weighted by atomic mass is 16.4. The maximum atomic E-state index is 9.04. The van der Waals surface area contributed by atoms with Crippen molar-refractivity contribution in [3.8, 4) is 17.7 Å². The van der Waals surface area contributed by atoms with Crippen molar-refractivity contribution in [3.63, 3.8) is 0 Å². The Morgan fingerprint density at radius 2 is 2.11 bits per heavy atom. The lowest BCUT2D eigenvalue weighted by Crippen LogP contribution is -2.19. The molecular weight excluding hydrogens is 352 g/mol. The van der Waals surface area contributed by atoms with E-state index in [4.69, 9.17) is 14.7 Å². The number of nitrogens with one attached hydrogen (secondary N) is 1. The first-order valence-corrected chi connectivity index (χ1v) is 9.81. The van der Waals surface area contributed by atoms with E-state index in [-0.39, 0.29) is 1.43 Å². The minimum Gasteiger partial charge on any atom is -0.437 e. The molecule has 28 heavy (non-hydrogen) atoms. The molecule has 0 saturated heterocycles. The molecular formula is C21H24N6O. The number of rotatable bonds is 3. The lowest BCUT2D eigenvalue weighted by Gasteiger charge is -2.29. The maximum absolute atomic E-state index is 9.04. The van der Waals surface area contributed by atoms with Crippen LogP contribution in [0, 0.1) is 31.1 Å². The van der Waals surface area contributed by atoms with Crippen LogP contribution in [0.1, 0.15) is 51.2 Å². The lowest BCUT2D eigenvalue weighted by molar-refractivity contribution is 0.282. The van der Waals surface area contributed by atoms with Crippen molar-refractivity contribution in [1.82, 2.24) is 24.5 Å². The van der Waals surface area contributed by atoms with Crippen LogP contribution in [0.3, 0.4) is 0 Å². The van der Waals surface area contributed by atoms with Gasteiger partial charge in [0.1, 0.15) is 11.2 Å². The highest BCUT2D eigenvalue weighted by Gasteiger charge is 2.29. The molecule has 4 aromatic rings. The average molecular weight is 376 g/mol. The maximum Gasteiger partial charge on any atom is 0.193 e. The fraction of sp³-hybridized carbons (Fsp3) is 0.429. The Morgan fingerprint density at radius 3 is 2.82 bits per heavy atom. The summed E-state index contributed by atoms with van der Waals surface area (Å²) in [6.07, 6.45) is 8.59. The smallest absolute Gasteiger partial charge is 0.193 e. The van der Waals surface area contributed by atoms with Crippen LogP contribution in [-0.2, 0) is 0 Å². The van der Waals surface area contributed by atoms with Gasteiger partial charge >= 0.3 is 0 Å². The first kappa shape index (κ1) is 17.0. The number of aromatic nitrogens is 5. The lowest BCUT2D eigenvalue weighted by atomic mass is 9.84. The summed E-state index contributed by atoms with van der Waals surface area (Å²) < 4.78 is 8.28. The summed E-state index contributed by atoms with van der Waals surface area (Å²) in [6.45, 7) is 3.83. The van der Waals surface area contributed by atoms with E-state index in [1.807, 2.05) is 26.2 Å². The van der Waals surface area contributed by atoms with Gasteiger partial charge in [-0.15, -0.1) is 0 Å². The molecule has 0 amide bonds. The number of fused-ring (bicyclic) bond motifs is 3. The van der Waals surface area contributed by atoms with Crippen LogP contribution >= 0.6 is 0 Å². The van der Waals surface area contributed by atoms with Crippen LogP contribution in [-0.4, -0.2) is 24.5 Å². The molecule has 0 bridgehead atoms. The quantitative estimate of drug-likeness (QED) is 0.538. The van der Waals surface area contributed by atoms with E-state index in [1.165, 1.54) is 0 Å². The number of nitriles is 1. The summed E-state index contributed by atoms with van der Waals surface area (Å²) in [4.78, 5) is 17.1. The van der Waals surface area contributed by atoms with Crippen LogP contribution in [0.15, 0.2) is 22.9 Å². The summed E-state index contributed by atoms with van der Waals surface area (Å²) in [7, 11) is 0. The number of nitrogens with zero attached hydrogens (tertiary/aromatic N) is 5. The molecule has 5 rings (SSSR count). The standard InChI is InChI=1S/C21H22N6O.H2/c1-12-19(28-13(2)25-12)21-26-17-11-24-20-16(8-10-23-20)18(17)27(21)15-5-3-14(4-6-15)7-9-22;/h8,10-11,14-15H,3-7H2,1-2H3,(H,23,24);1H. The molecule has 0 spiro atoms. The molecule has 4 aromatic heterocycles. The molecule has 0 aliphatic heterocycles. The summed E-state index contributed by atoms with van der Waals surface area (Å²) >= 11 is 0. The zero-order valence-electron chi connectivity index (χ0n) is 16.1. The van der Waals surface area contributed by atoms with Gasteiger partial charge in [-0.3, -0.25) is 0 Å². The topological polar surface area (TPSA) is 96.3 Å². The minimum atomic E-state index is 0. The van der Waals surface area contributed by atoms with Gasteiger partial charge in [0.15, 0.2) is 17.5 Å². The molecule has 4 heterocycles. The highest BCUT2D eigenvalue weighted by molar-refractivity contribution is 6.02. The van der Waals surface area contributed by atoms with Crippen LogP contribution in [0.25, 0.3) is 33.7 Å². The van der Waals surface area contributed by atoms with Gasteiger partial charge in [0.2, 0.25) is 0 Å². The molecule has 1 fully saturated rings. The van der Waals surface area contributed by atoms with E-state index < -0.39 is 0 Å². The summed E-state index contributed by atoms with van der Waals surface area (Å²) in [5.74, 6) is 2.71. The van der Waals surface area contributed by atoms with E-state index >= 15 is 0 Å². The molecule has 0 radical (unpaired) electrons. The van der Waals surface area contributed by atoms with Crippen molar-refractivity contribution in [1.29, 1.82) is 5.26 Å². The molecule has 0 atom stereocenters. The Bertz CT molecular complexity index is 1210. The minimum absolute atomic E-state index is 0. The Kier molecular flexibility index (Phi) is 3.93. The molecule has 1 aliphatic rings. The van der Waals surface area contributed by atoms with Gasteiger partial charge in [0.25, 0.3) is 0 Å². The number of aryl methyl sites for hydroxylation is 2. The van der Waals surface area contributed by atoms with Gasteiger partial charge in [-0.1, -0.05) is 0 Å². The van der Waals surface area contributed by atoms with Gasteiger partial charge in [-0.25, -0.2) is 15.0 Å². The second kappa shape index (κ2) is 6.48. The fourth-order valence-corrected chi connectivity index (χ4v) is 4.58. The van der Waals surface area contributed by atoms with Crippen LogP contribution in [0.4, 0.5) is 0 Å². The Morgan fingerprint density at radius 1 is 1.29 bits per heavy atom. The van der Waals surface area contributed by atoms with Gasteiger partial charge in [-0.2, -0.15) is 5.26 Å². The van der Waals surface area contributed by atoms with Crippen molar-refractivity contribution in [2.24, 2.45) is 5.92 Å². The number of hydrogen-bond acceptors (Lipinski definition) is 5. The third kappa shape index (κ3) is 2.60. The van der Waals surface area contributed by atoms with E-state index in [0.29, 0.717) is 24.3 Å². The molecule has 0 aromatic carbocycles. The van der Waals surface area contributed by atoms with Crippen LogP contribution in [0.5, 0.6) is 0 Å². The number of hydrogen-bond donors (Lipinski definition) is 1. The SMILES string of the molecule is Cc1nc(C)c(-c2nc3cnc4[nH]ccc4c3n2C2CCC(CC#N)CC2)o1.[HH]. The predicted octanol–water partition coefficient (Wildman–Crippen LogP) is 5.08. The average Bonchev–Trinajstić information content (AvgIpc) is 3.38. The number of H-pyrrole nitrogens is 1. The molecule has 7 nitrogen and oxygen atoms in total. The summed E-state index contributed by atoms with van der Waals surface area (Å²) in [5.41, 5.74) is 3.68. The zero-order chi connectivity index (χ0) is 19.3. The Balaban J connectivity index is 0.00000205. The molecule has 1 saturated carbocycles. The molecule has 1 aliphatic carbocycles. The Labute approximate surface area is 163 Å². The third-order valence-electron chi connectivity index (χ3n) is 5.90. The second-order valence-corrected chi connectivity index (χ2v) is 7.72. The highest BCUT2D eigenvalue weighted by Crippen LogP contribution is 2.40. The third-order valence-corrected chi connectivity index (χ3v) is 5.90. The van der Waals surface area contributed by atoms with Crippen LogP contribution < -0.4 is 0 Å². The molecule has 0 unspecified atom stereocenters. The molecule has 7 heteroatoms. The van der Waals surface area contributed by atoms with Crippen LogP contribution in [0.2, 0.25) is 0 Å². The number of pyridine rings is 1. The Hall–Kier alpha value is -3.14. The van der Waals surface area contributed by atoms with E-state index in [2.05, 4.69) is 31.7 Å². The van der Waals surface area contributed by atoms with Crippen molar-refractivity contribution in [2.75, 3.05) is 0 Å². The first-order chi connectivity index (χ1) is 13.7. The number of aromatic amines is 1. The first-order valence-electron chi connectivity index (χ1n) is 9.81.